The first-order valence-corrected chi connectivity index (χ1v) is 8.59. The zero-order valence-electron chi connectivity index (χ0n) is 15.0. The lowest BCUT2D eigenvalue weighted by Crippen LogP contribution is -2.18. The summed E-state index contributed by atoms with van der Waals surface area (Å²) in [4.78, 5) is 0. The second-order valence-corrected chi connectivity index (χ2v) is 8.02. The molecule has 0 bridgehead atoms. The van der Waals surface area contributed by atoms with Gasteiger partial charge < -0.3 is 0 Å². The third-order valence-electron chi connectivity index (χ3n) is 6.27. The molecule has 0 amide bonds. The summed E-state index contributed by atoms with van der Waals surface area (Å²) >= 11 is 0. The number of fused-ring (bicyclic) bond motifs is 1. The molecular formula is C21H30. The Labute approximate surface area is 130 Å². The Hall–Kier alpha value is -1.04. The van der Waals surface area contributed by atoms with Crippen molar-refractivity contribution in [3.05, 3.63) is 44.6 Å². The molecule has 0 saturated carbocycles. The number of hydrogen-bond acceptors (Lipinski definition) is 0. The molecule has 0 N–H and O–H groups in total. The molecule has 21 heavy (non-hydrogen) atoms. The molecule has 0 heterocycles. The summed E-state index contributed by atoms with van der Waals surface area (Å²) in [5, 5.41) is 0. The lowest BCUT2D eigenvalue weighted by Gasteiger charge is -2.28. The average molecular weight is 282 g/mol. The van der Waals surface area contributed by atoms with Gasteiger partial charge in [-0.15, -0.1) is 0 Å². The van der Waals surface area contributed by atoms with Crippen LogP contribution in [0.25, 0.3) is 0 Å². The zero-order chi connectivity index (χ0) is 15.6. The van der Waals surface area contributed by atoms with Crippen LogP contribution in [0.3, 0.4) is 0 Å². The maximum atomic E-state index is 2.39. The zero-order valence-corrected chi connectivity index (χ0v) is 15.0. The monoisotopic (exact) mass is 282 g/mol. The van der Waals surface area contributed by atoms with Gasteiger partial charge in [0, 0.05) is 11.8 Å². The first-order chi connectivity index (χ1) is 9.77. The molecule has 0 fully saturated rings. The fourth-order valence-corrected chi connectivity index (χ4v) is 5.11. The highest BCUT2D eigenvalue weighted by Crippen LogP contribution is 2.59. The van der Waals surface area contributed by atoms with E-state index in [0.29, 0.717) is 23.7 Å². The van der Waals surface area contributed by atoms with Crippen LogP contribution in [-0.2, 0) is 0 Å². The molecule has 2 unspecified atom stereocenters. The van der Waals surface area contributed by atoms with Gasteiger partial charge in [0.1, 0.15) is 0 Å². The smallest absolute Gasteiger partial charge is 0.00802 e. The van der Waals surface area contributed by atoms with Gasteiger partial charge in [0.2, 0.25) is 0 Å². The van der Waals surface area contributed by atoms with Crippen LogP contribution in [0, 0.1) is 23.7 Å². The molecular weight excluding hydrogens is 252 g/mol. The molecule has 0 aromatic heterocycles. The van der Waals surface area contributed by atoms with Crippen LogP contribution in [-0.4, -0.2) is 0 Å². The van der Waals surface area contributed by atoms with Gasteiger partial charge in [0.05, 0.1) is 0 Å². The SMILES string of the molecule is CC1=C(C)C(C(C)C)C2=C1CC1=C2C(C(C)C)C(C)=C1C. The number of allylic oxidation sites excluding steroid dienone is 8. The summed E-state index contributed by atoms with van der Waals surface area (Å²) in [6.45, 7) is 19.0. The molecule has 3 aliphatic rings. The summed E-state index contributed by atoms with van der Waals surface area (Å²) in [7, 11) is 0. The Morgan fingerprint density at radius 3 is 1.29 bits per heavy atom. The maximum Gasteiger partial charge on any atom is 0.00802 e. The van der Waals surface area contributed by atoms with Crippen molar-refractivity contribution in [2.24, 2.45) is 23.7 Å². The van der Waals surface area contributed by atoms with Gasteiger partial charge in [0.25, 0.3) is 0 Å². The third kappa shape index (κ3) is 1.81. The molecule has 0 aliphatic heterocycles. The molecule has 0 heteroatoms. The highest BCUT2D eigenvalue weighted by atomic mass is 14.5. The second-order valence-electron chi connectivity index (χ2n) is 8.02. The predicted octanol–water partition coefficient (Wildman–Crippen LogP) is 6.23. The van der Waals surface area contributed by atoms with Crippen LogP contribution in [0.15, 0.2) is 44.6 Å². The highest BCUT2D eigenvalue weighted by molar-refractivity contribution is 5.70. The van der Waals surface area contributed by atoms with Gasteiger partial charge in [-0.05, 0) is 79.4 Å². The van der Waals surface area contributed by atoms with Crippen LogP contribution in [0.1, 0.15) is 61.8 Å². The van der Waals surface area contributed by atoms with Crippen molar-refractivity contribution in [3.8, 4) is 0 Å². The Bertz CT molecular complexity index is 573. The van der Waals surface area contributed by atoms with Crippen molar-refractivity contribution in [2.45, 2.75) is 61.8 Å². The highest BCUT2D eigenvalue weighted by Gasteiger charge is 2.44. The summed E-state index contributed by atoms with van der Waals surface area (Å²) in [6, 6.07) is 0. The number of hydrogen-bond donors (Lipinski definition) is 0. The maximum absolute atomic E-state index is 2.39. The first-order valence-electron chi connectivity index (χ1n) is 8.59. The van der Waals surface area contributed by atoms with Crippen LogP contribution in [0.4, 0.5) is 0 Å². The van der Waals surface area contributed by atoms with Crippen molar-refractivity contribution < 1.29 is 0 Å². The van der Waals surface area contributed by atoms with E-state index in [9.17, 15) is 0 Å². The third-order valence-corrected chi connectivity index (χ3v) is 6.27. The van der Waals surface area contributed by atoms with Gasteiger partial charge in [-0.1, -0.05) is 38.8 Å². The Morgan fingerprint density at radius 1 is 0.667 bits per heavy atom. The van der Waals surface area contributed by atoms with Crippen LogP contribution >= 0.6 is 0 Å². The van der Waals surface area contributed by atoms with Crippen molar-refractivity contribution >= 4 is 0 Å². The Balaban J connectivity index is 2.13. The standard InChI is InChI=1S/C21H30/c1-10(2)18-14(7)12(5)16-9-17-13(6)15(8)19(11(3)4)21(17)20(16)18/h10-11,18-19H,9H2,1-8H3. The Morgan fingerprint density at radius 2 is 1.00 bits per heavy atom. The van der Waals surface area contributed by atoms with Crippen molar-refractivity contribution in [1.82, 2.24) is 0 Å². The molecule has 3 rings (SSSR count). The molecule has 0 aromatic rings. The molecule has 3 aliphatic carbocycles. The van der Waals surface area contributed by atoms with Crippen molar-refractivity contribution in [3.63, 3.8) is 0 Å². The summed E-state index contributed by atoms with van der Waals surface area (Å²) < 4.78 is 0. The molecule has 114 valence electrons. The summed E-state index contributed by atoms with van der Waals surface area (Å²) in [5.41, 5.74) is 13.2. The minimum Gasteiger partial charge on any atom is -0.0623 e. The molecule has 0 spiro atoms. The van der Waals surface area contributed by atoms with Crippen LogP contribution in [0.5, 0.6) is 0 Å². The normalized spacial score (nSPS) is 28.9. The minimum absolute atomic E-state index is 0.660. The van der Waals surface area contributed by atoms with Gasteiger partial charge in [-0.25, -0.2) is 0 Å². The van der Waals surface area contributed by atoms with E-state index in [1.54, 1.807) is 44.6 Å². The van der Waals surface area contributed by atoms with E-state index in [1.165, 1.54) is 6.42 Å². The van der Waals surface area contributed by atoms with Crippen molar-refractivity contribution in [1.29, 1.82) is 0 Å². The van der Waals surface area contributed by atoms with Crippen molar-refractivity contribution in [2.75, 3.05) is 0 Å². The van der Waals surface area contributed by atoms with E-state index < -0.39 is 0 Å². The lowest BCUT2D eigenvalue weighted by molar-refractivity contribution is 0.473. The molecule has 0 aromatic carbocycles. The van der Waals surface area contributed by atoms with E-state index in [4.69, 9.17) is 0 Å². The average Bonchev–Trinajstić information content (AvgIpc) is 2.94. The van der Waals surface area contributed by atoms with E-state index in [2.05, 4.69) is 55.4 Å². The summed E-state index contributed by atoms with van der Waals surface area (Å²) in [5.74, 6) is 2.72. The molecule has 0 nitrogen and oxygen atoms in total. The van der Waals surface area contributed by atoms with Gasteiger partial charge in [0.15, 0.2) is 0 Å². The van der Waals surface area contributed by atoms with Gasteiger partial charge in [-0.3, -0.25) is 0 Å². The lowest BCUT2D eigenvalue weighted by atomic mass is 9.76. The molecule has 2 atom stereocenters. The van der Waals surface area contributed by atoms with Gasteiger partial charge >= 0.3 is 0 Å². The Kier molecular flexibility index (Phi) is 3.35. The topological polar surface area (TPSA) is 0 Å². The van der Waals surface area contributed by atoms with E-state index in [-0.39, 0.29) is 0 Å². The number of rotatable bonds is 2. The van der Waals surface area contributed by atoms with Crippen LogP contribution < -0.4 is 0 Å². The predicted molar refractivity (Wildman–Crippen MR) is 92.1 cm³/mol. The fraction of sp³-hybridized carbons (Fsp3) is 0.619. The molecule has 0 radical (unpaired) electrons. The minimum atomic E-state index is 0.660. The van der Waals surface area contributed by atoms with Gasteiger partial charge in [-0.2, -0.15) is 0 Å². The largest absolute Gasteiger partial charge is 0.0623 e. The second kappa shape index (κ2) is 4.73. The van der Waals surface area contributed by atoms with E-state index in [1.807, 2.05) is 0 Å². The van der Waals surface area contributed by atoms with Crippen LogP contribution in [0.2, 0.25) is 0 Å². The van der Waals surface area contributed by atoms with E-state index >= 15 is 0 Å². The van der Waals surface area contributed by atoms with E-state index in [0.717, 1.165) is 0 Å². The quantitative estimate of drug-likeness (QED) is 0.563. The summed E-state index contributed by atoms with van der Waals surface area (Å²) in [6.07, 6.45) is 1.20. The fourth-order valence-electron chi connectivity index (χ4n) is 5.11. The molecule has 0 saturated heterocycles. The first kappa shape index (κ1) is 14.9.